The Morgan fingerprint density at radius 1 is 1.29 bits per heavy atom. The summed E-state index contributed by atoms with van der Waals surface area (Å²) in [6.45, 7) is 12.1. The molecule has 21 heavy (non-hydrogen) atoms. The summed E-state index contributed by atoms with van der Waals surface area (Å²) in [7, 11) is 0. The van der Waals surface area contributed by atoms with E-state index >= 15 is 0 Å². The predicted molar refractivity (Wildman–Crippen MR) is 91.0 cm³/mol. The molecule has 0 aromatic carbocycles. The van der Waals surface area contributed by atoms with Crippen molar-refractivity contribution in [1.82, 2.24) is 10.3 Å². The summed E-state index contributed by atoms with van der Waals surface area (Å²) in [6.07, 6.45) is 5.29. The van der Waals surface area contributed by atoms with Gasteiger partial charge in [0.2, 0.25) is 0 Å². The molecular weight excluding hydrogens is 258 g/mol. The number of anilines is 1. The van der Waals surface area contributed by atoms with Gasteiger partial charge in [0.25, 0.3) is 0 Å². The lowest BCUT2D eigenvalue weighted by atomic mass is 10.1. The molecule has 3 heteroatoms. The first-order chi connectivity index (χ1) is 10.1. The van der Waals surface area contributed by atoms with Crippen LogP contribution in [-0.2, 0) is 6.54 Å². The van der Waals surface area contributed by atoms with Gasteiger partial charge in [-0.3, -0.25) is 0 Å². The first kappa shape index (κ1) is 16.3. The Kier molecular flexibility index (Phi) is 6.04. The highest BCUT2D eigenvalue weighted by Crippen LogP contribution is 2.25. The first-order valence-corrected chi connectivity index (χ1v) is 8.60. The van der Waals surface area contributed by atoms with Crippen molar-refractivity contribution in [3.05, 3.63) is 23.4 Å². The van der Waals surface area contributed by atoms with Crippen molar-refractivity contribution in [3.8, 4) is 0 Å². The van der Waals surface area contributed by atoms with E-state index in [2.05, 4.69) is 50.0 Å². The van der Waals surface area contributed by atoms with Crippen molar-refractivity contribution < 1.29 is 0 Å². The number of nitrogens with zero attached hydrogens (tertiary/aromatic N) is 2. The van der Waals surface area contributed by atoms with Crippen LogP contribution in [0.4, 0.5) is 5.82 Å². The zero-order valence-corrected chi connectivity index (χ0v) is 14.2. The second-order valence-corrected chi connectivity index (χ2v) is 6.59. The maximum atomic E-state index is 4.95. The summed E-state index contributed by atoms with van der Waals surface area (Å²) in [5.41, 5.74) is 2.58. The molecular formula is C18H31N3. The molecule has 1 aliphatic rings. The summed E-state index contributed by atoms with van der Waals surface area (Å²) >= 11 is 0. The van der Waals surface area contributed by atoms with Crippen LogP contribution in [0, 0.1) is 0 Å². The van der Waals surface area contributed by atoms with Gasteiger partial charge in [0, 0.05) is 24.8 Å². The molecule has 0 bridgehead atoms. The van der Waals surface area contributed by atoms with Gasteiger partial charge in [0.05, 0.1) is 0 Å². The van der Waals surface area contributed by atoms with Gasteiger partial charge in [-0.1, -0.05) is 33.6 Å². The molecule has 1 unspecified atom stereocenters. The quantitative estimate of drug-likeness (QED) is 0.885. The Hall–Kier alpha value is -1.09. The Bertz CT molecular complexity index is 442. The molecule has 2 rings (SSSR count). The van der Waals surface area contributed by atoms with E-state index in [9.17, 15) is 0 Å². The van der Waals surface area contributed by atoms with Gasteiger partial charge >= 0.3 is 0 Å². The van der Waals surface area contributed by atoms with Gasteiger partial charge in [-0.15, -0.1) is 0 Å². The maximum absolute atomic E-state index is 4.95. The normalized spacial score (nSPS) is 19.9. The second-order valence-electron chi connectivity index (χ2n) is 6.59. The summed E-state index contributed by atoms with van der Waals surface area (Å²) in [5.74, 6) is 1.66. The van der Waals surface area contributed by atoms with E-state index < -0.39 is 0 Å². The van der Waals surface area contributed by atoms with Gasteiger partial charge in [0.15, 0.2) is 0 Å². The molecule has 1 aromatic rings. The van der Waals surface area contributed by atoms with Crippen LogP contribution in [0.3, 0.4) is 0 Å². The molecule has 1 fully saturated rings. The third-order valence-corrected chi connectivity index (χ3v) is 4.41. The molecule has 1 saturated heterocycles. The van der Waals surface area contributed by atoms with Crippen molar-refractivity contribution in [2.45, 2.75) is 71.9 Å². The molecule has 1 aliphatic heterocycles. The van der Waals surface area contributed by atoms with E-state index in [0.717, 1.165) is 19.6 Å². The van der Waals surface area contributed by atoms with Crippen LogP contribution in [0.5, 0.6) is 0 Å². The predicted octanol–water partition coefficient (Wildman–Crippen LogP) is 4.08. The third-order valence-electron chi connectivity index (χ3n) is 4.41. The zero-order chi connectivity index (χ0) is 15.2. The number of nitrogens with one attached hydrogen (secondary N) is 1. The number of pyridine rings is 1. The number of aromatic nitrogens is 1. The van der Waals surface area contributed by atoms with Crippen LogP contribution >= 0.6 is 0 Å². The van der Waals surface area contributed by atoms with Gasteiger partial charge in [0.1, 0.15) is 5.82 Å². The zero-order valence-electron chi connectivity index (χ0n) is 14.2. The van der Waals surface area contributed by atoms with E-state index in [1.807, 2.05) is 0 Å². The standard InChI is InChI=1S/C18H31N3/c1-5-19-13-16-11-17(14(2)3)20-18(12-16)21-10-8-6-7-9-15(21)4/h11-12,14-15,19H,5-10,13H2,1-4H3. The fraction of sp³-hybridized carbons (Fsp3) is 0.722. The molecule has 118 valence electrons. The summed E-state index contributed by atoms with van der Waals surface area (Å²) in [5, 5.41) is 3.44. The van der Waals surface area contributed by atoms with Crippen molar-refractivity contribution in [1.29, 1.82) is 0 Å². The van der Waals surface area contributed by atoms with Crippen LogP contribution in [0.15, 0.2) is 12.1 Å². The molecule has 1 N–H and O–H groups in total. The van der Waals surface area contributed by atoms with Gasteiger partial charge in [-0.25, -0.2) is 4.98 Å². The summed E-state index contributed by atoms with van der Waals surface area (Å²) < 4.78 is 0. The Morgan fingerprint density at radius 2 is 2.10 bits per heavy atom. The molecule has 0 saturated carbocycles. The Morgan fingerprint density at radius 3 is 2.81 bits per heavy atom. The second kappa shape index (κ2) is 7.79. The van der Waals surface area contributed by atoms with Crippen molar-refractivity contribution in [3.63, 3.8) is 0 Å². The average molecular weight is 289 g/mol. The van der Waals surface area contributed by atoms with Crippen LogP contribution in [0.2, 0.25) is 0 Å². The Balaban J connectivity index is 2.29. The highest BCUT2D eigenvalue weighted by molar-refractivity contribution is 5.44. The largest absolute Gasteiger partial charge is 0.354 e. The van der Waals surface area contributed by atoms with E-state index in [1.165, 1.54) is 42.8 Å². The van der Waals surface area contributed by atoms with Crippen LogP contribution in [0.1, 0.15) is 70.6 Å². The fourth-order valence-electron chi connectivity index (χ4n) is 3.02. The number of hydrogen-bond donors (Lipinski definition) is 1. The molecule has 3 nitrogen and oxygen atoms in total. The van der Waals surface area contributed by atoms with E-state index in [1.54, 1.807) is 0 Å². The molecule has 1 atom stereocenters. The third kappa shape index (κ3) is 4.44. The Labute approximate surface area is 130 Å². The monoisotopic (exact) mass is 289 g/mol. The minimum atomic E-state index is 0.479. The lowest BCUT2D eigenvalue weighted by molar-refractivity contribution is 0.608. The molecule has 0 amide bonds. The number of rotatable bonds is 5. The molecule has 0 radical (unpaired) electrons. The lowest BCUT2D eigenvalue weighted by Gasteiger charge is -2.29. The summed E-state index contributed by atoms with van der Waals surface area (Å²) in [4.78, 5) is 7.48. The van der Waals surface area contributed by atoms with Crippen LogP contribution < -0.4 is 10.2 Å². The van der Waals surface area contributed by atoms with E-state index in [4.69, 9.17) is 4.98 Å². The smallest absolute Gasteiger partial charge is 0.129 e. The average Bonchev–Trinajstić information content (AvgIpc) is 2.69. The van der Waals surface area contributed by atoms with Gasteiger partial charge < -0.3 is 10.2 Å². The molecule has 0 aliphatic carbocycles. The number of hydrogen-bond acceptors (Lipinski definition) is 3. The molecule has 1 aromatic heterocycles. The van der Waals surface area contributed by atoms with Crippen molar-refractivity contribution in [2.24, 2.45) is 0 Å². The van der Waals surface area contributed by atoms with Crippen molar-refractivity contribution in [2.75, 3.05) is 18.0 Å². The van der Waals surface area contributed by atoms with E-state index in [0.29, 0.717) is 12.0 Å². The minimum absolute atomic E-state index is 0.479. The summed E-state index contributed by atoms with van der Waals surface area (Å²) in [6, 6.07) is 5.16. The van der Waals surface area contributed by atoms with Gasteiger partial charge in [-0.05, 0) is 49.9 Å². The van der Waals surface area contributed by atoms with Crippen molar-refractivity contribution >= 4 is 5.82 Å². The highest BCUT2D eigenvalue weighted by Gasteiger charge is 2.19. The highest BCUT2D eigenvalue weighted by atomic mass is 15.2. The molecule has 0 spiro atoms. The first-order valence-electron chi connectivity index (χ1n) is 8.60. The van der Waals surface area contributed by atoms with E-state index in [-0.39, 0.29) is 0 Å². The van der Waals surface area contributed by atoms with Crippen LogP contribution in [-0.4, -0.2) is 24.1 Å². The lowest BCUT2D eigenvalue weighted by Crippen LogP contribution is -2.33. The SMILES string of the molecule is CCNCc1cc(C(C)C)nc(N2CCCCCC2C)c1. The molecule has 2 heterocycles. The van der Waals surface area contributed by atoms with Gasteiger partial charge in [-0.2, -0.15) is 0 Å². The maximum Gasteiger partial charge on any atom is 0.129 e. The van der Waals surface area contributed by atoms with Crippen LogP contribution in [0.25, 0.3) is 0 Å². The topological polar surface area (TPSA) is 28.2 Å². The fourth-order valence-corrected chi connectivity index (χ4v) is 3.02. The minimum Gasteiger partial charge on any atom is -0.354 e.